The van der Waals surface area contributed by atoms with Gasteiger partial charge in [-0.2, -0.15) is 0 Å². The van der Waals surface area contributed by atoms with Crippen LogP contribution < -0.4 is 0 Å². The highest BCUT2D eigenvalue weighted by Crippen LogP contribution is 2.36. The summed E-state index contributed by atoms with van der Waals surface area (Å²) in [6, 6.07) is -0.0908. The summed E-state index contributed by atoms with van der Waals surface area (Å²) in [6.45, 7) is 5.41. The molecule has 2 fully saturated rings. The highest BCUT2D eigenvalue weighted by molar-refractivity contribution is 5.83. The van der Waals surface area contributed by atoms with E-state index in [1.54, 1.807) is 0 Å². The number of rotatable bonds is 0. The summed E-state index contributed by atoms with van der Waals surface area (Å²) in [5, 5.41) is 21.1. The minimum atomic E-state index is -2.22. The van der Waals surface area contributed by atoms with Gasteiger partial charge in [0.1, 0.15) is 18.3 Å². The first kappa shape index (κ1) is 16.4. The van der Waals surface area contributed by atoms with Crippen LogP contribution in [0.1, 0.15) is 27.2 Å². The third-order valence-electron chi connectivity index (χ3n) is 5.63. The van der Waals surface area contributed by atoms with E-state index in [9.17, 15) is 19.8 Å². The van der Waals surface area contributed by atoms with Crippen LogP contribution in [0.4, 0.5) is 0 Å². The van der Waals surface area contributed by atoms with Gasteiger partial charge >= 0.3 is 11.9 Å². The van der Waals surface area contributed by atoms with E-state index in [-0.39, 0.29) is 18.8 Å². The van der Waals surface area contributed by atoms with Crippen molar-refractivity contribution in [3.63, 3.8) is 0 Å². The highest BCUT2D eigenvalue weighted by Gasteiger charge is 2.56. The zero-order valence-corrected chi connectivity index (χ0v) is 13.6. The second-order valence-electron chi connectivity index (χ2n) is 7.00. The van der Waals surface area contributed by atoms with Crippen molar-refractivity contribution in [2.24, 2.45) is 5.92 Å². The van der Waals surface area contributed by atoms with Gasteiger partial charge in [0.05, 0.1) is 12.0 Å². The van der Waals surface area contributed by atoms with E-state index >= 15 is 0 Å². The molecule has 128 valence electrons. The Hall–Kier alpha value is -1.44. The maximum Gasteiger partial charge on any atom is 0.341 e. The first-order valence-electron chi connectivity index (χ1n) is 7.91. The zero-order chi connectivity index (χ0) is 17.0. The number of hydrogen-bond donors (Lipinski definition) is 2. The Bertz CT molecular complexity index is 567. The average molecular weight is 325 g/mol. The number of esters is 2. The summed E-state index contributed by atoms with van der Waals surface area (Å²) >= 11 is 0. The van der Waals surface area contributed by atoms with Crippen LogP contribution in [0.5, 0.6) is 0 Å². The fourth-order valence-corrected chi connectivity index (χ4v) is 3.52. The lowest BCUT2D eigenvalue weighted by Gasteiger charge is -2.39. The van der Waals surface area contributed by atoms with Crippen molar-refractivity contribution in [1.29, 1.82) is 0 Å². The van der Waals surface area contributed by atoms with E-state index in [1.165, 1.54) is 13.8 Å². The lowest BCUT2D eigenvalue weighted by atomic mass is 9.76. The van der Waals surface area contributed by atoms with Gasteiger partial charge in [0.2, 0.25) is 0 Å². The molecule has 0 aromatic rings. The Balaban J connectivity index is 1.97. The molecule has 0 unspecified atom stereocenters. The third-order valence-corrected chi connectivity index (χ3v) is 5.63. The van der Waals surface area contributed by atoms with Gasteiger partial charge in [-0.25, -0.2) is 4.79 Å². The normalized spacial score (nSPS) is 44.9. The molecule has 3 aliphatic heterocycles. The molecular formula is C16H23NO6. The zero-order valence-electron chi connectivity index (χ0n) is 13.6. The predicted octanol–water partition coefficient (Wildman–Crippen LogP) is -0.393. The molecule has 0 saturated carbocycles. The number of carbonyl (C=O) groups excluding carboxylic acids is 2. The van der Waals surface area contributed by atoms with Crippen LogP contribution in [0.3, 0.4) is 0 Å². The number of ether oxygens (including phenoxy) is 2. The van der Waals surface area contributed by atoms with Gasteiger partial charge < -0.3 is 19.7 Å². The molecule has 0 spiro atoms. The van der Waals surface area contributed by atoms with E-state index in [2.05, 4.69) is 4.90 Å². The van der Waals surface area contributed by atoms with Gasteiger partial charge in [-0.15, -0.1) is 0 Å². The molecule has 7 heteroatoms. The molecule has 0 aromatic heterocycles. The van der Waals surface area contributed by atoms with Crippen molar-refractivity contribution < 1.29 is 29.3 Å². The maximum absolute atomic E-state index is 12.4. The van der Waals surface area contributed by atoms with Crippen molar-refractivity contribution in [3.05, 3.63) is 11.6 Å². The molecule has 2 N–H and O–H groups in total. The van der Waals surface area contributed by atoms with E-state index in [1.807, 2.05) is 6.08 Å². The summed E-state index contributed by atoms with van der Waals surface area (Å²) in [5.74, 6) is -2.65. The molecule has 0 radical (unpaired) electrons. The number of hydrogen-bond acceptors (Lipinski definition) is 7. The van der Waals surface area contributed by atoms with Gasteiger partial charge in [0, 0.05) is 13.1 Å². The van der Waals surface area contributed by atoms with E-state index in [0.717, 1.165) is 25.6 Å². The highest BCUT2D eigenvalue weighted by atomic mass is 16.6. The smallest absolute Gasteiger partial charge is 0.341 e. The third kappa shape index (κ3) is 2.38. The lowest BCUT2D eigenvalue weighted by molar-refractivity contribution is -0.205. The minimum absolute atomic E-state index is 0.0225. The SMILES string of the molecule is C[C@H]1C(=O)O[C@H]2CCN3CC=C(COC(=O)[C@](C)(O)[C@@]1(C)O)[C@H]23. The van der Waals surface area contributed by atoms with Gasteiger partial charge in [0.25, 0.3) is 0 Å². The summed E-state index contributed by atoms with van der Waals surface area (Å²) in [6.07, 6.45) is 2.34. The molecule has 0 bridgehead atoms. The number of carbonyl (C=O) groups is 2. The molecule has 0 aliphatic carbocycles. The molecule has 3 rings (SSSR count). The lowest BCUT2D eigenvalue weighted by Crippen LogP contribution is -2.61. The van der Waals surface area contributed by atoms with Crippen LogP contribution >= 0.6 is 0 Å². The Kier molecular flexibility index (Phi) is 3.78. The number of cyclic esters (lactones) is 1. The van der Waals surface area contributed by atoms with Crippen LogP contribution in [0.2, 0.25) is 0 Å². The van der Waals surface area contributed by atoms with Gasteiger partial charge in [0.15, 0.2) is 5.60 Å². The Morgan fingerprint density at radius 3 is 2.70 bits per heavy atom. The summed E-state index contributed by atoms with van der Waals surface area (Å²) in [4.78, 5) is 26.9. The summed E-state index contributed by atoms with van der Waals surface area (Å²) in [5.41, 5.74) is -3.35. The summed E-state index contributed by atoms with van der Waals surface area (Å²) in [7, 11) is 0. The fourth-order valence-electron chi connectivity index (χ4n) is 3.52. The van der Waals surface area contributed by atoms with E-state index in [0.29, 0.717) is 6.42 Å². The van der Waals surface area contributed by atoms with Gasteiger partial charge in [-0.05, 0) is 32.8 Å². The fraction of sp³-hybridized carbons (Fsp3) is 0.750. The largest absolute Gasteiger partial charge is 0.460 e. The van der Waals surface area contributed by atoms with Crippen LogP contribution in [-0.4, -0.2) is 70.1 Å². The number of nitrogens with zero attached hydrogens (tertiary/aromatic N) is 1. The molecule has 23 heavy (non-hydrogen) atoms. The molecule has 3 heterocycles. The molecular weight excluding hydrogens is 302 g/mol. The average Bonchev–Trinajstić information content (AvgIpc) is 3.06. The molecule has 5 atom stereocenters. The topological polar surface area (TPSA) is 96.3 Å². The quantitative estimate of drug-likeness (QED) is 0.462. The standard InChI is InChI=1S/C16H23NO6/c1-9-13(18)23-11-5-7-17-6-4-10(12(11)17)8-22-14(19)16(3,21)15(9,2)20/h4,9,11-12,20-21H,5-8H2,1-3H3/t9-,11-,12+,15-,16-/m0/s1. The van der Waals surface area contributed by atoms with Crippen molar-refractivity contribution in [1.82, 2.24) is 4.90 Å². The van der Waals surface area contributed by atoms with Gasteiger partial charge in [-0.3, -0.25) is 9.69 Å². The van der Waals surface area contributed by atoms with Crippen LogP contribution in [0.25, 0.3) is 0 Å². The van der Waals surface area contributed by atoms with Crippen molar-refractivity contribution in [2.75, 3.05) is 19.7 Å². The van der Waals surface area contributed by atoms with Crippen LogP contribution in [0.15, 0.2) is 11.6 Å². The monoisotopic (exact) mass is 325 g/mol. The van der Waals surface area contributed by atoms with Crippen molar-refractivity contribution in [2.45, 2.75) is 50.5 Å². The van der Waals surface area contributed by atoms with E-state index in [4.69, 9.17) is 9.47 Å². The second-order valence-corrected chi connectivity index (χ2v) is 7.00. The van der Waals surface area contributed by atoms with Crippen molar-refractivity contribution in [3.8, 4) is 0 Å². The molecule has 0 aromatic carbocycles. The maximum atomic E-state index is 12.4. The second kappa shape index (κ2) is 5.29. The number of aliphatic hydroxyl groups is 2. The molecule has 0 amide bonds. The van der Waals surface area contributed by atoms with Crippen molar-refractivity contribution >= 4 is 11.9 Å². The van der Waals surface area contributed by atoms with Gasteiger partial charge in [-0.1, -0.05) is 6.08 Å². The molecule has 3 aliphatic rings. The first-order valence-corrected chi connectivity index (χ1v) is 7.91. The summed E-state index contributed by atoms with van der Waals surface area (Å²) < 4.78 is 10.8. The molecule has 7 nitrogen and oxygen atoms in total. The Morgan fingerprint density at radius 2 is 2.00 bits per heavy atom. The minimum Gasteiger partial charge on any atom is -0.460 e. The molecule has 2 saturated heterocycles. The predicted molar refractivity (Wildman–Crippen MR) is 79.3 cm³/mol. The van der Waals surface area contributed by atoms with Crippen LogP contribution in [0, 0.1) is 5.92 Å². The van der Waals surface area contributed by atoms with E-state index < -0.39 is 29.1 Å². The first-order chi connectivity index (χ1) is 10.7. The Labute approximate surface area is 134 Å². The van der Waals surface area contributed by atoms with Crippen LogP contribution in [-0.2, 0) is 19.1 Å². The Morgan fingerprint density at radius 1 is 1.30 bits per heavy atom.